The molecule has 0 unspecified atom stereocenters. The smallest absolute Gasteiger partial charge is 0.278 e. The third-order valence-electron chi connectivity index (χ3n) is 4.80. The van der Waals surface area contributed by atoms with Crippen molar-refractivity contribution >= 4 is 34.7 Å². The van der Waals surface area contributed by atoms with Gasteiger partial charge in [-0.05, 0) is 61.7 Å². The third kappa shape index (κ3) is 4.66. The lowest BCUT2D eigenvalue weighted by Crippen LogP contribution is -2.34. The van der Waals surface area contributed by atoms with Gasteiger partial charge in [-0.1, -0.05) is 23.7 Å². The molecule has 0 aliphatic carbocycles. The first kappa shape index (κ1) is 21.9. The minimum Gasteiger partial charge on any atom is -0.494 e. The lowest BCUT2D eigenvalue weighted by atomic mass is 10.0. The fourth-order valence-corrected chi connectivity index (χ4v) is 3.54. The first-order valence-electron chi connectivity index (χ1n) is 9.82. The molecule has 0 bridgehead atoms. The number of imide groups is 1. The SMILES string of the molecule is CCOc1ccc(C2=C(Nc3ccc(Cl)cc3C)C(=O)N(CCCOC)C2=O)cc1. The van der Waals surface area contributed by atoms with E-state index in [-0.39, 0.29) is 24.1 Å². The van der Waals surface area contributed by atoms with E-state index in [1.54, 1.807) is 49.6 Å². The number of amides is 2. The van der Waals surface area contributed by atoms with Crippen molar-refractivity contribution in [2.75, 3.05) is 32.2 Å². The highest BCUT2D eigenvalue weighted by molar-refractivity contribution is 6.36. The van der Waals surface area contributed by atoms with Crippen LogP contribution >= 0.6 is 11.6 Å². The summed E-state index contributed by atoms with van der Waals surface area (Å²) in [4.78, 5) is 27.6. The molecular weight excluding hydrogens is 404 g/mol. The van der Waals surface area contributed by atoms with Gasteiger partial charge < -0.3 is 14.8 Å². The number of nitrogens with zero attached hydrogens (tertiary/aromatic N) is 1. The number of carbonyl (C=O) groups excluding carboxylic acids is 2. The molecule has 3 rings (SSSR count). The molecule has 2 amide bonds. The molecule has 2 aromatic rings. The first-order valence-corrected chi connectivity index (χ1v) is 10.2. The largest absolute Gasteiger partial charge is 0.494 e. The molecule has 0 fully saturated rings. The lowest BCUT2D eigenvalue weighted by molar-refractivity contribution is -0.136. The van der Waals surface area contributed by atoms with Crippen LogP contribution in [0.25, 0.3) is 5.57 Å². The molecule has 0 atom stereocenters. The quantitative estimate of drug-likeness (QED) is 0.477. The van der Waals surface area contributed by atoms with Crippen LogP contribution in [0.4, 0.5) is 5.69 Å². The summed E-state index contributed by atoms with van der Waals surface area (Å²) < 4.78 is 10.6. The van der Waals surface area contributed by atoms with E-state index in [1.807, 2.05) is 13.8 Å². The monoisotopic (exact) mass is 428 g/mol. The van der Waals surface area contributed by atoms with Crippen LogP contribution in [0.5, 0.6) is 5.75 Å². The van der Waals surface area contributed by atoms with E-state index in [9.17, 15) is 9.59 Å². The summed E-state index contributed by atoms with van der Waals surface area (Å²) in [7, 11) is 1.59. The standard InChI is InChI=1S/C23H25ClN2O4/c1-4-30-18-9-6-16(7-10-18)20-21(25-19-11-8-17(24)14-15(19)2)23(28)26(22(20)27)12-5-13-29-3/h6-11,14,25H,4-5,12-13H2,1-3H3. The Morgan fingerprint density at radius 3 is 2.43 bits per heavy atom. The van der Waals surface area contributed by atoms with Crippen LogP contribution in [-0.2, 0) is 14.3 Å². The zero-order valence-corrected chi connectivity index (χ0v) is 18.1. The summed E-state index contributed by atoms with van der Waals surface area (Å²) in [5, 5.41) is 3.78. The van der Waals surface area contributed by atoms with Gasteiger partial charge in [-0.3, -0.25) is 14.5 Å². The number of methoxy groups -OCH3 is 1. The number of nitrogens with one attached hydrogen (secondary N) is 1. The Morgan fingerprint density at radius 1 is 1.07 bits per heavy atom. The Morgan fingerprint density at radius 2 is 1.80 bits per heavy atom. The van der Waals surface area contributed by atoms with Crippen LogP contribution in [0, 0.1) is 6.92 Å². The second-order valence-corrected chi connectivity index (χ2v) is 7.34. The van der Waals surface area contributed by atoms with Crippen LogP contribution < -0.4 is 10.1 Å². The second-order valence-electron chi connectivity index (χ2n) is 6.90. The summed E-state index contributed by atoms with van der Waals surface area (Å²) in [6, 6.07) is 12.5. The highest BCUT2D eigenvalue weighted by Gasteiger charge is 2.39. The fourth-order valence-electron chi connectivity index (χ4n) is 3.32. The number of halogens is 1. The maximum Gasteiger partial charge on any atom is 0.278 e. The molecule has 7 heteroatoms. The molecule has 2 aromatic carbocycles. The van der Waals surface area contributed by atoms with Crippen molar-refractivity contribution in [2.24, 2.45) is 0 Å². The molecule has 0 saturated heterocycles. The molecular formula is C23H25ClN2O4. The van der Waals surface area contributed by atoms with Gasteiger partial charge in [0.25, 0.3) is 11.8 Å². The van der Waals surface area contributed by atoms with Gasteiger partial charge in [-0.15, -0.1) is 0 Å². The van der Waals surface area contributed by atoms with Crippen LogP contribution in [0.15, 0.2) is 48.2 Å². The predicted molar refractivity (Wildman–Crippen MR) is 118 cm³/mol. The van der Waals surface area contributed by atoms with E-state index in [0.29, 0.717) is 41.5 Å². The van der Waals surface area contributed by atoms with E-state index in [1.165, 1.54) is 4.90 Å². The molecule has 1 N–H and O–H groups in total. The molecule has 1 heterocycles. The van der Waals surface area contributed by atoms with Gasteiger partial charge in [0.2, 0.25) is 0 Å². The zero-order chi connectivity index (χ0) is 21.7. The maximum absolute atomic E-state index is 13.2. The maximum atomic E-state index is 13.2. The average molecular weight is 429 g/mol. The Balaban J connectivity index is 1.99. The van der Waals surface area contributed by atoms with Crippen LogP contribution in [0.2, 0.25) is 5.02 Å². The summed E-state index contributed by atoms with van der Waals surface area (Å²) in [5.74, 6) is 0.0299. The van der Waals surface area contributed by atoms with Gasteiger partial charge in [0.05, 0.1) is 12.2 Å². The zero-order valence-electron chi connectivity index (χ0n) is 17.3. The van der Waals surface area contributed by atoms with E-state index >= 15 is 0 Å². The second kappa shape index (κ2) is 9.78. The fraction of sp³-hybridized carbons (Fsp3) is 0.304. The topological polar surface area (TPSA) is 67.9 Å². The lowest BCUT2D eigenvalue weighted by Gasteiger charge is -2.15. The van der Waals surface area contributed by atoms with E-state index in [2.05, 4.69) is 5.32 Å². The number of aryl methyl sites for hydroxylation is 1. The number of carbonyl (C=O) groups is 2. The van der Waals surface area contributed by atoms with Crippen molar-refractivity contribution < 1.29 is 19.1 Å². The Hall–Kier alpha value is -2.83. The van der Waals surface area contributed by atoms with Crippen LogP contribution in [-0.4, -0.2) is 43.6 Å². The summed E-state index contributed by atoms with van der Waals surface area (Å²) in [6.45, 7) is 5.10. The van der Waals surface area contributed by atoms with Crippen molar-refractivity contribution in [1.29, 1.82) is 0 Å². The Kier molecular flexibility index (Phi) is 7.13. The highest BCUT2D eigenvalue weighted by atomic mass is 35.5. The van der Waals surface area contributed by atoms with Crippen molar-refractivity contribution in [3.05, 3.63) is 64.3 Å². The molecule has 6 nitrogen and oxygen atoms in total. The van der Waals surface area contributed by atoms with Crippen LogP contribution in [0.1, 0.15) is 24.5 Å². The van der Waals surface area contributed by atoms with Crippen molar-refractivity contribution in [3.8, 4) is 5.75 Å². The Bertz CT molecular complexity index is 970. The van der Waals surface area contributed by atoms with E-state index in [0.717, 1.165) is 11.3 Å². The number of rotatable bonds is 9. The number of hydrogen-bond donors (Lipinski definition) is 1. The van der Waals surface area contributed by atoms with Crippen molar-refractivity contribution in [3.63, 3.8) is 0 Å². The number of benzene rings is 2. The number of anilines is 1. The first-order chi connectivity index (χ1) is 14.5. The molecule has 0 saturated carbocycles. The molecule has 0 spiro atoms. The molecule has 30 heavy (non-hydrogen) atoms. The summed E-state index contributed by atoms with van der Waals surface area (Å²) >= 11 is 6.05. The van der Waals surface area contributed by atoms with Crippen LogP contribution in [0.3, 0.4) is 0 Å². The summed E-state index contributed by atoms with van der Waals surface area (Å²) in [5.41, 5.74) is 2.85. The molecule has 1 aliphatic heterocycles. The van der Waals surface area contributed by atoms with Gasteiger partial charge >= 0.3 is 0 Å². The van der Waals surface area contributed by atoms with Gasteiger partial charge in [-0.2, -0.15) is 0 Å². The Labute approximate surface area is 181 Å². The molecule has 1 aliphatic rings. The van der Waals surface area contributed by atoms with Gasteiger partial charge in [0.15, 0.2) is 0 Å². The third-order valence-corrected chi connectivity index (χ3v) is 5.04. The predicted octanol–water partition coefficient (Wildman–Crippen LogP) is 4.28. The highest BCUT2D eigenvalue weighted by Crippen LogP contribution is 2.32. The van der Waals surface area contributed by atoms with Crippen molar-refractivity contribution in [1.82, 2.24) is 4.90 Å². The van der Waals surface area contributed by atoms with E-state index in [4.69, 9.17) is 21.1 Å². The normalized spacial score (nSPS) is 13.9. The van der Waals surface area contributed by atoms with Gasteiger partial charge in [-0.25, -0.2) is 0 Å². The van der Waals surface area contributed by atoms with Gasteiger partial charge in [0.1, 0.15) is 11.4 Å². The summed E-state index contributed by atoms with van der Waals surface area (Å²) in [6.07, 6.45) is 0.567. The van der Waals surface area contributed by atoms with E-state index < -0.39 is 0 Å². The molecule has 0 aromatic heterocycles. The molecule has 158 valence electrons. The van der Waals surface area contributed by atoms with Crippen molar-refractivity contribution in [2.45, 2.75) is 20.3 Å². The average Bonchev–Trinajstić information content (AvgIpc) is 2.95. The number of hydrogen-bond acceptors (Lipinski definition) is 5. The minimum atomic E-state index is -0.352. The minimum absolute atomic E-state index is 0.256. The van der Waals surface area contributed by atoms with Gasteiger partial charge in [0, 0.05) is 31.0 Å². The number of ether oxygens (including phenoxy) is 2. The molecule has 0 radical (unpaired) electrons.